The van der Waals surface area contributed by atoms with E-state index < -0.39 is 18.2 Å². The lowest BCUT2D eigenvalue weighted by atomic mass is 10.2. The molecule has 0 bridgehead atoms. The van der Waals surface area contributed by atoms with Crippen molar-refractivity contribution in [3.8, 4) is 0 Å². The van der Waals surface area contributed by atoms with Crippen molar-refractivity contribution in [2.75, 3.05) is 13.2 Å². The van der Waals surface area contributed by atoms with Gasteiger partial charge in [0.2, 0.25) is 0 Å². The van der Waals surface area contributed by atoms with Crippen molar-refractivity contribution in [3.63, 3.8) is 0 Å². The molecule has 0 heterocycles. The number of hydrogen-bond donors (Lipinski definition) is 0. The summed E-state index contributed by atoms with van der Waals surface area (Å²) in [5.41, 5.74) is 0.404. The molecule has 1 aromatic carbocycles. The summed E-state index contributed by atoms with van der Waals surface area (Å²) in [6, 6.07) is 6.42. The van der Waals surface area contributed by atoms with Crippen LogP contribution >= 0.6 is 11.6 Å². The standard InChI is InChI=1S/C17H23ClO5/c1-3-5-11-21-17(20)22-12-15(6-4-2)23-16(19)13-7-9-14(18)10-8-13/h7-10,15H,3-6,11-12H2,1-2H3. The van der Waals surface area contributed by atoms with E-state index in [4.69, 9.17) is 25.8 Å². The minimum atomic E-state index is -0.734. The Balaban J connectivity index is 2.46. The van der Waals surface area contributed by atoms with Crippen molar-refractivity contribution in [3.05, 3.63) is 34.9 Å². The fraction of sp³-hybridized carbons (Fsp3) is 0.529. The van der Waals surface area contributed by atoms with E-state index in [1.54, 1.807) is 24.3 Å². The number of unbranched alkanes of at least 4 members (excludes halogenated alkanes) is 1. The maximum Gasteiger partial charge on any atom is 0.508 e. The lowest BCUT2D eigenvalue weighted by molar-refractivity contribution is -0.00926. The zero-order valence-electron chi connectivity index (χ0n) is 13.5. The van der Waals surface area contributed by atoms with Crippen LogP contribution in [0.15, 0.2) is 24.3 Å². The predicted molar refractivity (Wildman–Crippen MR) is 87.8 cm³/mol. The predicted octanol–water partition coefficient (Wildman–Crippen LogP) is 4.62. The summed E-state index contributed by atoms with van der Waals surface area (Å²) < 4.78 is 15.3. The molecule has 0 spiro atoms. The van der Waals surface area contributed by atoms with E-state index in [2.05, 4.69) is 0 Å². The van der Waals surface area contributed by atoms with Gasteiger partial charge in [-0.2, -0.15) is 0 Å². The van der Waals surface area contributed by atoms with Crippen LogP contribution in [0.5, 0.6) is 0 Å². The fourth-order valence-corrected chi connectivity index (χ4v) is 1.93. The highest BCUT2D eigenvalue weighted by Gasteiger charge is 2.18. The van der Waals surface area contributed by atoms with Crippen LogP contribution in [0.25, 0.3) is 0 Å². The molecular formula is C17H23ClO5. The van der Waals surface area contributed by atoms with Gasteiger partial charge in [0.15, 0.2) is 0 Å². The molecule has 5 nitrogen and oxygen atoms in total. The molecule has 0 aliphatic rings. The smallest absolute Gasteiger partial charge is 0.455 e. The van der Waals surface area contributed by atoms with E-state index in [1.165, 1.54) is 0 Å². The van der Waals surface area contributed by atoms with Gasteiger partial charge in [-0.05, 0) is 37.1 Å². The van der Waals surface area contributed by atoms with Crippen LogP contribution in [-0.4, -0.2) is 31.4 Å². The highest BCUT2D eigenvalue weighted by Crippen LogP contribution is 2.13. The molecule has 128 valence electrons. The molecule has 0 aliphatic heterocycles. The molecule has 1 atom stereocenters. The van der Waals surface area contributed by atoms with Crippen molar-refractivity contribution < 1.29 is 23.8 Å². The van der Waals surface area contributed by atoms with Gasteiger partial charge in [-0.3, -0.25) is 0 Å². The van der Waals surface area contributed by atoms with Crippen LogP contribution in [0.4, 0.5) is 4.79 Å². The average Bonchev–Trinajstić information content (AvgIpc) is 2.53. The van der Waals surface area contributed by atoms with Gasteiger partial charge < -0.3 is 14.2 Å². The lowest BCUT2D eigenvalue weighted by Gasteiger charge is -2.17. The number of carbonyl (C=O) groups excluding carboxylic acids is 2. The second-order valence-electron chi connectivity index (χ2n) is 5.09. The maximum absolute atomic E-state index is 12.1. The third kappa shape index (κ3) is 7.88. The Kier molecular flexibility index (Phi) is 9.14. The molecule has 0 radical (unpaired) electrons. The van der Waals surface area contributed by atoms with Gasteiger partial charge in [-0.15, -0.1) is 0 Å². The largest absolute Gasteiger partial charge is 0.508 e. The van der Waals surface area contributed by atoms with Gasteiger partial charge in [0, 0.05) is 5.02 Å². The van der Waals surface area contributed by atoms with Gasteiger partial charge >= 0.3 is 12.1 Å². The Morgan fingerprint density at radius 2 is 1.78 bits per heavy atom. The van der Waals surface area contributed by atoms with Crippen LogP contribution in [-0.2, 0) is 14.2 Å². The van der Waals surface area contributed by atoms with Gasteiger partial charge in [-0.25, -0.2) is 9.59 Å². The highest BCUT2D eigenvalue weighted by molar-refractivity contribution is 6.30. The third-order valence-corrected chi connectivity index (χ3v) is 3.32. The Morgan fingerprint density at radius 3 is 2.39 bits per heavy atom. The van der Waals surface area contributed by atoms with Crippen molar-refractivity contribution in [2.24, 2.45) is 0 Å². The molecule has 23 heavy (non-hydrogen) atoms. The Hall–Kier alpha value is -1.75. The molecule has 6 heteroatoms. The van der Waals surface area contributed by atoms with Crippen molar-refractivity contribution in [2.45, 2.75) is 45.6 Å². The van der Waals surface area contributed by atoms with Crippen LogP contribution in [0.1, 0.15) is 49.9 Å². The molecule has 0 aliphatic carbocycles. The first-order valence-electron chi connectivity index (χ1n) is 7.82. The Morgan fingerprint density at radius 1 is 1.09 bits per heavy atom. The second kappa shape index (κ2) is 10.9. The summed E-state index contributed by atoms with van der Waals surface area (Å²) in [7, 11) is 0. The number of esters is 1. The number of hydrogen-bond acceptors (Lipinski definition) is 5. The van der Waals surface area contributed by atoms with Crippen LogP contribution in [0.2, 0.25) is 5.02 Å². The summed E-state index contributed by atoms with van der Waals surface area (Å²) in [6.07, 6.45) is 1.89. The first-order valence-corrected chi connectivity index (χ1v) is 8.20. The summed E-state index contributed by atoms with van der Waals surface area (Å²) in [5, 5.41) is 0.546. The minimum absolute atomic E-state index is 0.0157. The maximum atomic E-state index is 12.1. The summed E-state index contributed by atoms with van der Waals surface area (Å²) in [6.45, 7) is 4.28. The minimum Gasteiger partial charge on any atom is -0.455 e. The van der Waals surface area contributed by atoms with Gasteiger partial charge in [-0.1, -0.05) is 38.3 Å². The lowest BCUT2D eigenvalue weighted by Crippen LogP contribution is -2.25. The van der Waals surface area contributed by atoms with Crippen molar-refractivity contribution in [1.82, 2.24) is 0 Å². The van der Waals surface area contributed by atoms with Crippen molar-refractivity contribution >= 4 is 23.7 Å². The molecule has 1 rings (SSSR count). The Labute approximate surface area is 141 Å². The summed E-state index contributed by atoms with van der Waals surface area (Å²) in [4.78, 5) is 23.5. The average molecular weight is 343 g/mol. The topological polar surface area (TPSA) is 61.8 Å². The SMILES string of the molecule is CCCCOC(=O)OCC(CCC)OC(=O)c1ccc(Cl)cc1. The molecule has 0 amide bonds. The van der Waals surface area contributed by atoms with E-state index in [0.29, 0.717) is 23.6 Å². The number of halogens is 1. The highest BCUT2D eigenvalue weighted by atomic mass is 35.5. The molecule has 0 saturated carbocycles. The first-order chi connectivity index (χ1) is 11.1. The second-order valence-corrected chi connectivity index (χ2v) is 5.52. The number of rotatable bonds is 9. The number of carbonyl (C=O) groups is 2. The normalized spacial score (nSPS) is 11.6. The molecular weight excluding hydrogens is 320 g/mol. The zero-order chi connectivity index (χ0) is 17.1. The molecule has 0 fully saturated rings. The van der Waals surface area contributed by atoms with Crippen molar-refractivity contribution in [1.29, 1.82) is 0 Å². The van der Waals surface area contributed by atoms with E-state index in [0.717, 1.165) is 19.3 Å². The first kappa shape index (κ1) is 19.3. The van der Waals surface area contributed by atoms with Crippen LogP contribution in [0.3, 0.4) is 0 Å². The van der Waals surface area contributed by atoms with Gasteiger partial charge in [0.05, 0.1) is 12.2 Å². The Bertz CT molecular complexity index is 486. The summed E-state index contributed by atoms with van der Waals surface area (Å²) >= 11 is 5.78. The molecule has 0 aromatic heterocycles. The van der Waals surface area contributed by atoms with Crippen LogP contribution < -0.4 is 0 Å². The number of benzene rings is 1. The van der Waals surface area contributed by atoms with Gasteiger partial charge in [0.25, 0.3) is 0 Å². The molecule has 0 saturated heterocycles. The third-order valence-electron chi connectivity index (χ3n) is 3.07. The monoisotopic (exact) mass is 342 g/mol. The molecule has 0 N–H and O–H groups in total. The summed E-state index contributed by atoms with van der Waals surface area (Å²) in [5.74, 6) is -0.469. The molecule has 1 unspecified atom stereocenters. The zero-order valence-corrected chi connectivity index (χ0v) is 14.3. The van der Waals surface area contributed by atoms with Crippen LogP contribution in [0, 0.1) is 0 Å². The van der Waals surface area contributed by atoms with E-state index in [-0.39, 0.29) is 6.61 Å². The fourth-order valence-electron chi connectivity index (χ4n) is 1.81. The quantitative estimate of drug-likeness (QED) is 0.484. The van der Waals surface area contributed by atoms with E-state index >= 15 is 0 Å². The van der Waals surface area contributed by atoms with E-state index in [9.17, 15) is 9.59 Å². The van der Waals surface area contributed by atoms with Gasteiger partial charge in [0.1, 0.15) is 12.7 Å². The van der Waals surface area contributed by atoms with E-state index in [1.807, 2.05) is 13.8 Å². The number of ether oxygens (including phenoxy) is 3. The molecule has 1 aromatic rings.